The molecule has 2 N–H and O–H groups in total. The number of hydrogen-bond acceptors (Lipinski definition) is 2. The Hall–Kier alpha value is -0.860. The van der Waals surface area contributed by atoms with Crippen LogP contribution >= 0.6 is 0 Å². The lowest BCUT2D eigenvalue weighted by atomic mass is 10.0. The molecule has 2 atom stereocenters. The number of hydrogen-bond donors (Lipinski definition) is 2. The lowest BCUT2D eigenvalue weighted by molar-refractivity contribution is 0.207. The fraction of sp³-hybridized carbons (Fsp3) is 0.600. The average Bonchev–Trinajstić information content (AvgIpc) is 2.38. The van der Waals surface area contributed by atoms with Gasteiger partial charge in [0.2, 0.25) is 0 Å². The SMILES string of the molecule is CC(CO)C(C)NCCCCc1ccccc1. The van der Waals surface area contributed by atoms with Crippen LogP contribution in [0.5, 0.6) is 0 Å². The van der Waals surface area contributed by atoms with Gasteiger partial charge in [-0.2, -0.15) is 0 Å². The molecule has 1 aromatic rings. The summed E-state index contributed by atoms with van der Waals surface area (Å²) in [6.07, 6.45) is 3.57. The summed E-state index contributed by atoms with van der Waals surface area (Å²) in [7, 11) is 0. The summed E-state index contributed by atoms with van der Waals surface area (Å²) in [6.45, 7) is 5.51. The zero-order valence-corrected chi connectivity index (χ0v) is 11.0. The van der Waals surface area contributed by atoms with Crippen molar-refractivity contribution < 1.29 is 5.11 Å². The van der Waals surface area contributed by atoms with Gasteiger partial charge in [0.15, 0.2) is 0 Å². The summed E-state index contributed by atoms with van der Waals surface area (Å²) < 4.78 is 0. The molecule has 0 aromatic heterocycles. The summed E-state index contributed by atoms with van der Waals surface area (Å²) in [6, 6.07) is 11.0. The maximum atomic E-state index is 9.02. The molecule has 2 nitrogen and oxygen atoms in total. The molecule has 0 saturated heterocycles. The van der Waals surface area contributed by atoms with Crippen molar-refractivity contribution in [2.75, 3.05) is 13.2 Å². The Bertz CT molecular complexity index is 286. The second-order valence-corrected chi connectivity index (χ2v) is 4.85. The van der Waals surface area contributed by atoms with Crippen LogP contribution in [-0.4, -0.2) is 24.3 Å². The van der Waals surface area contributed by atoms with Crippen molar-refractivity contribution in [1.29, 1.82) is 0 Å². The van der Waals surface area contributed by atoms with E-state index in [0.29, 0.717) is 12.0 Å². The molecule has 1 rings (SSSR count). The van der Waals surface area contributed by atoms with Gasteiger partial charge in [-0.1, -0.05) is 37.3 Å². The van der Waals surface area contributed by atoms with Crippen LogP contribution in [0.4, 0.5) is 0 Å². The predicted octanol–water partition coefficient (Wildman–Crippen LogP) is 2.62. The van der Waals surface area contributed by atoms with Gasteiger partial charge in [-0.3, -0.25) is 0 Å². The molecule has 0 heterocycles. The molecule has 0 aliphatic carbocycles. The third-order valence-electron chi connectivity index (χ3n) is 3.34. The van der Waals surface area contributed by atoms with E-state index in [0.717, 1.165) is 13.0 Å². The largest absolute Gasteiger partial charge is 0.396 e. The number of benzene rings is 1. The van der Waals surface area contributed by atoms with Crippen LogP contribution in [0.1, 0.15) is 32.3 Å². The minimum atomic E-state index is 0.262. The monoisotopic (exact) mass is 235 g/mol. The Morgan fingerprint density at radius 2 is 1.82 bits per heavy atom. The van der Waals surface area contributed by atoms with Crippen molar-refractivity contribution in [1.82, 2.24) is 5.32 Å². The number of rotatable bonds is 8. The first-order chi connectivity index (χ1) is 8.24. The Kier molecular flexibility index (Phi) is 6.90. The maximum absolute atomic E-state index is 9.02. The molecule has 0 radical (unpaired) electrons. The summed E-state index contributed by atoms with van der Waals surface area (Å²) in [5, 5.41) is 12.5. The van der Waals surface area contributed by atoms with E-state index >= 15 is 0 Å². The molecule has 0 aliphatic rings. The van der Waals surface area contributed by atoms with Crippen molar-refractivity contribution in [2.24, 2.45) is 5.92 Å². The topological polar surface area (TPSA) is 32.3 Å². The third-order valence-corrected chi connectivity index (χ3v) is 3.34. The third kappa shape index (κ3) is 5.85. The van der Waals surface area contributed by atoms with Gasteiger partial charge in [-0.25, -0.2) is 0 Å². The highest BCUT2D eigenvalue weighted by Crippen LogP contribution is 2.05. The Morgan fingerprint density at radius 3 is 2.47 bits per heavy atom. The molecule has 2 heteroatoms. The smallest absolute Gasteiger partial charge is 0.0471 e. The van der Waals surface area contributed by atoms with E-state index in [-0.39, 0.29) is 6.61 Å². The van der Waals surface area contributed by atoms with Gasteiger partial charge in [0.25, 0.3) is 0 Å². The van der Waals surface area contributed by atoms with Gasteiger partial charge in [-0.15, -0.1) is 0 Å². The van der Waals surface area contributed by atoms with Gasteiger partial charge in [0.05, 0.1) is 0 Å². The van der Waals surface area contributed by atoms with Crippen LogP contribution in [-0.2, 0) is 6.42 Å². The Balaban J connectivity index is 2.05. The molecule has 0 bridgehead atoms. The molecule has 96 valence electrons. The first-order valence-corrected chi connectivity index (χ1v) is 6.62. The summed E-state index contributed by atoms with van der Waals surface area (Å²) >= 11 is 0. The number of nitrogens with one attached hydrogen (secondary N) is 1. The van der Waals surface area contributed by atoms with Crippen molar-refractivity contribution in [3.8, 4) is 0 Å². The summed E-state index contributed by atoms with van der Waals surface area (Å²) in [5.74, 6) is 0.337. The van der Waals surface area contributed by atoms with Crippen LogP contribution in [0.3, 0.4) is 0 Å². The molecule has 0 saturated carbocycles. The number of unbranched alkanes of at least 4 members (excludes halogenated alkanes) is 1. The molecule has 0 amide bonds. The highest BCUT2D eigenvalue weighted by atomic mass is 16.3. The second-order valence-electron chi connectivity index (χ2n) is 4.85. The second kappa shape index (κ2) is 8.26. The first-order valence-electron chi connectivity index (χ1n) is 6.62. The van der Waals surface area contributed by atoms with E-state index in [1.807, 2.05) is 0 Å². The molecule has 0 fully saturated rings. The Morgan fingerprint density at radius 1 is 1.12 bits per heavy atom. The van der Waals surface area contributed by atoms with Crippen molar-refractivity contribution in [3.63, 3.8) is 0 Å². The van der Waals surface area contributed by atoms with Crippen LogP contribution in [0.2, 0.25) is 0 Å². The fourth-order valence-electron chi connectivity index (χ4n) is 1.79. The standard InChI is InChI=1S/C15H25NO/c1-13(12-17)14(2)16-11-7-6-10-15-8-4-3-5-9-15/h3-5,8-9,13-14,16-17H,6-7,10-12H2,1-2H3. The van der Waals surface area contributed by atoms with Gasteiger partial charge in [0.1, 0.15) is 0 Å². The zero-order valence-electron chi connectivity index (χ0n) is 11.0. The van der Waals surface area contributed by atoms with E-state index in [4.69, 9.17) is 5.11 Å². The van der Waals surface area contributed by atoms with Crippen LogP contribution in [0.25, 0.3) is 0 Å². The van der Waals surface area contributed by atoms with E-state index in [9.17, 15) is 0 Å². The minimum absolute atomic E-state index is 0.262. The maximum Gasteiger partial charge on any atom is 0.0471 e. The van der Waals surface area contributed by atoms with Crippen LogP contribution in [0, 0.1) is 5.92 Å². The lowest BCUT2D eigenvalue weighted by Crippen LogP contribution is -2.34. The van der Waals surface area contributed by atoms with E-state index < -0.39 is 0 Å². The molecule has 2 unspecified atom stereocenters. The van der Waals surface area contributed by atoms with Gasteiger partial charge < -0.3 is 10.4 Å². The average molecular weight is 235 g/mol. The fourth-order valence-corrected chi connectivity index (χ4v) is 1.79. The molecular weight excluding hydrogens is 210 g/mol. The minimum Gasteiger partial charge on any atom is -0.396 e. The van der Waals surface area contributed by atoms with Crippen LogP contribution < -0.4 is 5.32 Å². The molecule has 17 heavy (non-hydrogen) atoms. The zero-order chi connectivity index (χ0) is 12.5. The van der Waals surface area contributed by atoms with Gasteiger partial charge in [-0.05, 0) is 44.2 Å². The predicted molar refractivity (Wildman–Crippen MR) is 73.1 cm³/mol. The number of aliphatic hydroxyl groups is 1. The Labute approximate surface area is 105 Å². The van der Waals surface area contributed by atoms with Gasteiger partial charge in [0, 0.05) is 12.6 Å². The molecular formula is C15H25NO. The molecule has 1 aromatic carbocycles. The van der Waals surface area contributed by atoms with Crippen molar-refractivity contribution in [2.45, 2.75) is 39.2 Å². The summed E-state index contributed by atoms with van der Waals surface area (Å²) in [4.78, 5) is 0. The van der Waals surface area contributed by atoms with Crippen LogP contribution in [0.15, 0.2) is 30.3 Å². The molecule has 0 aliphatic heterocycles. The summed E-state index contributed by atoms with van der Waals surface area (Å²) in [5.41, 5.74) is 1.42. The normalized spacial score (nSPS) is 14.5. The molecule has 0 spiro atoms. The van der Waals surface area contributed by atoms with E-state index in [1.54, 1.807) is 0 Å². The number of aryl methyl sites for hydroxylation is 1. The first kappa shape index (κ1) is 14.2. The quantitative estimate of drug-likeness (QED) is 0.679. The van der Waals surface area contributed by atoms with E-state index in [1.165, 1.54) is 18.4 Å². The van der Waals surface area contributed by atoms with Crippen molar-refractivity contribution >= 4 is 0 Å². The highest BCUT2D eigenvalue weighted by Gasteiger charge is 2.09. The van der Waals surface area contributed by atoms with Crippen molar-refractivity contribution in [3.05, 3.63) is 35.9 Å². The lowest BCUT2D eigenvalue weighted by Gasteiger charge is -2.19. The highest BCUT2D eigenvalue weighted by molar-refractivity contribution is 5.14. The van der Waals surface area contributed by atoms with Gasteiger partial charge >= 0.3 is 0 Å². The van der Waals surface area contributed by atoms with E-state index in [2.05, 4.69) is 49.5 Å². The number of aliphatic hydroxyl groups excluding tert-OH is 1.